The van der Waals surface area contributed by atoms with Crippen molar-refractivity contribution in [2.45, 2.75) is 6.04 Å². The number of aliphatic hydroxyl groups excluding tert-OH is 1. The van der Waals surface area contributed by atoms with Gasteiger partial charge in [0.25, 0.3) is 5.78 Å². The first-order valence-corrected chi connectivity index (χ1v) is 12.5. The second-order valence-corrected chi connectivity index (χ2v) is 9.85. The molecule has 6 rings (SSSR count). The fraction of sp³-hybridized carbons (Fsp3) is 0.148. The molecular formula is C27H19ClN2O6S. The van der Waals surface area contributed by atoms with Gasteiger partial charge in [-0.05, 0) is 54.1 Å². The summed E-state index contributed by atoms with van der Waals surface area (Å²) in [6.45, 7) is 0.795. The molecular weight excluding hydrogens is 516 g/mol. The van der Waals surface area contributed by atoms with E-state index in [1.165, 1.54) is 16.2 Å². The van der Waals surface area contributed by atoms with Crippen LogP contribution in [-0.2, 0) is 9.59 Å². The maximum Gasteiger partial charge on any atom is 0.301 e. The molecule has 0 radical (unpaired) electrons. The largest absolute Gasteiger partial charge is 0.507 e. The molecule has 2 aliphatic rings. The van der Waals surface area contributed by atoms with E-state index >= 15 is 0 Å². The lowest BCUT2D eigenvalue weighted by Crippen LogP contribution is -2.29. The van der Waals surface area contributed by atoms with Crippen LogP contribution >= 0.6 is 22.9 Å². The number of aromatic nitrogens is 1. The number of fused-ring (bicyclic) bond motifs is 2. The standard InChI is InChI=1S/C27H19ClN2O6S/c1-34-17-6-2-14(3-7-17)23-22(24(31)15-4-9-19-20(12-15)36-11-10-35-19)25(32)26(33)30(23)27-29-18-8-5-16(28)13-21(18)37-27/h2-9,12-13,23,31H,10-11H2,1H3/b24-22+. The molecule has 1 saturated heterocycles. The number of thiazole rings is 1. The predicted octanol–water partition coefficient (Wildman–Crippen LogP) is 5.36. The SMILES string of the molecule is COc1ccc(C2/C(=C(\O)c3ccc4c(c3)OCCO4)C(=O)C(=O)N2c2nc3ccc(Cl)cc3s2)cc1. The Morgan fingerprint density at radius 1 is 1.05 bits per heavy atom. The average Bonchev–Trinajstić information content (AvgIpc) is 3.45. The highest BCUT2D eigenvalue weighted by molar-refractivity contribution is 7.22. The highest BCUT2D eigenvalue weighted by Crippen LogP contribution is 2.45. The molecule has 37 heavy (non-hydrogen) atoms. The zero-order valence-electron chi connectivity index (χ0n) is 19.4. The molecule has 4 aromatic rings. The number of Topliss-reactive ketones (excluding diaryl/α,β-unsaturated/α-hetero) is 1. The van der Waals surface area contributed by atoms with Crippen LogP contribution in [-0.4, -0.2) is 42.1 Å². The fourth-order valence-corrected chi connectivity index (χ4v) is 5.74. The third kappa shape index (κ3) is 3.96. The monoisotopic (exact) mass is 534 g/mol. The van der Waals surface area contributed by atoms with Crippen molar-refractivity contribution in [3.05, 3.63) is 82.4 Å². The van der Waals surface area contributed by atoms with Gasteiger partial charge in [0.15, 0.2) is 16.6 Å². The Hall–Kier alpha value is -4.08. The molecule has 2 aliphatic heterocycles. The Morgan fingerprint density at radius 3 is 2.57 bits per heavy atom. The number of ether oxygens (including phenoxy) is 3. The molecule has 0 aliphatic carbocycles. The summed E-state index contributed by atoms with van der Waals surface area (Å²) in [4.78, 5) is 32.8. The van der Waals surface area contributed by atoms with Gasteiger partial charge in [-0.1, -0.05) is 35.1 Å². The topological polar surface area (TPSA) is 98.2 Å². The van der Waals surface area contributed by atoms with E-state index in [2.05, 4.69) is 4.98 Å². The summed E-state index contributed by atoms with van der Waals surface area (Å²) in [6.07, 6.45) is 0. The van der Waals surface area contributed by atoms with Gasteiger partial charge in [0.05, 0.1) is 28.9 Å². The van der Waals surface area contributed by atoms with Crippen LogP contribution in [0.4, 0.5) is 5.13 Å². The second-order valence-electron chi connectivity index (χ2n) is 8.41. The van der Waals surface area contributed by atoms with Crippen molar-refractivity contribution in [2.24, 2.45) is 0 Å². The number of ketones is 1. The molecule has 10 heteroatoms. The minimum absolute atomic E-state index is 0.0517. The number of carbonyl (C=O) groups excluding carboxylic acids is 2. The summed E-state index contributed by atoms with van der Waals surface area (Å²) in [7, 11) is 1.55. The minimum Gasteiger partial charge on any atom is -0.507 e. The Morgan fingerprint density at radius 2 is 1.81 bits per heavy atom. The van der Waals surface area contributed by atoms with Crippen molar-refractivity contribution >= 4 is 55.7 Å². The molecule has 1 N–H and O–H groups in total. The number of amides is 1. The average molecular weight is 535 g/mol. The van der Waals surface area contributed by atoms with Gasteiger partial charge < -0.3 is 19.3 Å². The molecule has 186 valence electrons. The molecule has 1 unspecified atom stereocenters. The quantitative estimate of drug-likeness (QED) is 0.214. The zero-order valence-corrected chi connectivity index (χ0v) is 21.0. The third-order valence-corrected chi connectivity index (χ3v) is 7.49. The van der Waals surface area contributed by atoms with Crippen molar-refractivity contribution in [1.29, 1.82) is 0 Å². The van der Waals surface area contributed by atoms with E-state index in [-0.39, 0.29) is 11.3 Å². The van der Waals surface area contributed by atoms with E-state index in [9.17, 15) is 14.7 Å². The first kappa shape index (κ1) is 23.3. The summed E-state index contributed by atoms with van der Waals surface area (Å²) < 4.78 is 17.3. The molecule has 1 atom stereocenters. The lowest BCUT2D eigenvalue weighted by molar-refractivity contribution is -0.132. The van der Waals surface area contributed by atoms with Gasteiger partial charge in [0, 0.05) is 10.6 Å². The first-order valence-electron chi connectivity index (χ1n) is 11.4. The van der Waals surface area contributed by atoms with Crippen LogP contribution in [0, 0.1) is 0 Å². The maximum absolute atomic E-state index is 13.4. The second kappa shape index (κ2) is 9.10. The van der Waals surface area contributed by atoms with Crippen LogP contribution < -0.4 is 19.1 Å². The smallest absolute Gasteiger partial charge is 0.301 e. The summed E-state index contributed by atoms with van der Waals surface area (Å²) >= 11 is 7.39. The summed E-state index contributed by atoms with van der Waals surface area (Å²) in [5, 5.41) is 12.3. The summed E-state index contributed by atoms with van der Waals surface area (Å²) in [6, 6.07) is 16.2. The van der Waals surface area contributed by atoms with E-state index in [1.807, 2.05) is 0 Å². The van der Waals surface area contributed by atoms with Crippen molar-refractivity contribution in [3.8, 4) is 17.2 Å². The van der Waals surface area contributed by atoms with Gasteiger partial charge in [-0.3, -0.25) is 14.5 Å². The Balaban J connectivity index is 1.53. The highest BCUT2D eigenvalue weighted by Gasteiger charge is 2.48. The van der Waals surface area contributed by atoms with E-state index in [0.717, 1.165) is 4.70 Å². The Bertz CT molecular complexity index is 1600. The van der Waals surface area contributed by atoms with Crippen LogP contribution in [0.25, 0.3) is 16.0 Å². The van der Waals surface area contributed by atoms with Crippen LogP contribution in [0.15, 0.2) is 66.2 Å². The van der Waals surface area contributed by atoms with Gasteiger partial charge in [0.2, 0.25) is 0 Å². The number of carbonyl (C=O) groups is 2. The lowest BCUT2D eigenvalue weighted by atomic mass is 9.95. The molecule has 0 bridgehead atoms. The van der Waals surface area contributed by atoms with Crippen molar-refractivity contribution in [2.75, 3.05) is 25.2 Å². The molecule has 8 nitrogen and oxygen atoms in total. The molecule has 3 heterocycles. The molecule has 1 aromatic heterocycles. The number of methoxy groups -OCH3 is 1. The predicted molar refractivity (Wildman–Crippen MR) is 140 cm³/mol. The van der Waals surface area contributed by atoms with E-state index < -0.39 is 17.7 Å². The molecule has 0 saturated carbocycles. The van der Waals surface area contributed by atoms with Crippen LogP contribution in [0.5, 0.6) is 17.2 Å². The number of halogens is 1. The van der Waals surface area contributed by atoms with Gasteiger partial charge in [-0.25, -0.2) is 4.98 Å². The molecule has 0 spiro atoms. The maximum atomic E-state index is 13.4. The normalized spacial score (nSPS) is 18.4. The highest BCUT2D eigenvalue weighted by atomic mass is 35.5. The Kier molecular flexibility index (Phi) is 5.73. The van der Waals surface area contributed by atoms with Crippen molar-refractivity contribution < 1.29 is 28.9 Å². The van der Waals surface area contributed by atoms with E-state index in [4.69, 9.17) is 25.8 Å². The number of aliphatic hydroxyl groups is 1. The number of anilines is 1. The minimum atomic E-state index is -0.921. The van der Waals surface area contributed by atoms with Crippen molar-refractivity contribution in [3.63, 3.8) is 0 Å². The number of hydrogen-bond donors (Lipinski definition) is 1. The summed E-state index contributed by atoms with van der Waals surface area (Å²) in [5.74, 6) is -0.308. The molecule has 1 fully saturated rings. The van der Waals surface area contributed by atoms with Crippen molar-refractivity contribution in [1.82, 2.24) is 4.98 Å². The number of rotatable bonds is 4. The lowest BCUT2D eigenvalue weighted by Gasteiger charge is -2.23. The van der Waals surface area contributed by atoms with Gasteiger partial charge in [-0.15, -0.1) is 0 Å². The van der Waals surface area contributed by atoms with Crippen LogP contribution in [0.1, 0.15) is 17.2 Å². The van der Waals surface area contributed by atoms with Gasteiger partial charge >= 0.3 is 5.91 Å². The van der Waals surface area contributed by atoms with Gasteiger partial charge in [-0.2, -0.15) is 0 Å². The van der Waals surface area contributed by atoms with E-state index in [1.54, 1.807) is 67.8 Å². The van der Waals surface area contributed by atoms with E-state index in [0.29, 0.717) is 57.3 Å². The Labute approximate surface area is 220 Å². The molecule has 1 amide bonds. The first-order chi connectivity index (χ1) is 17.9. The summed E-state index contributed by atoms with van der Waals surface area (Å²) in [5.41, 5.74) is 1.53. The third-order valence-electron chi connectivity index (χ3n) is 6.24. The van der Waals surface area contributed by atoms with Gasteiger partial charge in [0.1, 0.15) is 24.7 Å². The molecule has 3 aromatic carbocycles. The van der Waals surface area contributed by atoms with Crippen LogP contribution in [0.2, 0.25) is 5.02 Å². The zero-order chi connectivity index (χ0) is 25.7. The van der Waals surface area contributed by atoms with Crippen LogP contribution in [0.3, 0.4) is 0 Å². The number of nitrogens with zero attached hydrogens (tertiary/aromatic N) is 2. The number of hydrogen-bond acceptors (Lipinski definition) is 8. The number of benzene rings is 3. The fourth-order valence-electron chi connectivity index (χ4n) is 4.47.